The van der Waals surface area contributed by atoms with Crippen molar-refractivity contribution < 1.29 is 14.6 Å². The fraction of sp³-hybridized carbons (Fsp3) is 0.625. The van der Waals surface area contributed by atoms with E-state index in [1.807, 2.05) is 0 Å². The van der Waals surface area contributed by atoms with E-state index in [2.05, 4.69) is 11.3 Å². The van der Waals surface area contributed by atoms with Gasteiger partial charge in [0.05, 0.1) is 5.92 Å². The minimum Gasteiger partial charge on any atom is -0.435 e. The van der Waals surface area contributed by atoms with E-state index < -0.39 is 6.29 Å². The van der Waals surface area contributed by atoms with Crippen molar-refractivity contribution in [1.29, 1.82) is 0 Å². The van der Waals surface area contributed by atoms with Gasteiger partial charge in [-0.15, -0.1) is 6.58 Å². The molecule has 0 radical (unpaired) electrons. The molecular weight excluding hydrogens is 144 g/mol. The third-order valence-corrected chi connectivity index (χ3v) is 1.09. The first-order valence-electron chi connectivity index (χ1n) is 3.57. The maximum absolute atomic E-state index is 10.8. The minimum absolute atomic E-state index is 0.200. The molecule has 0 amide bonds. The fourth-order valence-corrected chi connectivity index (χ4v) is 0.461. The van der Waals surface area contributed by atoms with E-state index in [-0.39, 0.29) is 18.3 Å². The van der Waals surface area contributed by atoms with Crippen molar-refractivity contribution in [3.8, 4) is 0 Å². The van der Waals surface area contributed by atoms with Crippen molar-refractivity contribution in [2.24, 2.45) is 5.92 Å². The lowest BCUT2D eigenvalue weighted by molar-refractivity contribution is -0.170. The number of ether oxygens (including phenoxy) is 1. The highest BCUT2D eigenvalue weighted by atomic mass is 16.6. The number of aliphatic hydroxyl groups excluding tert-OH is 1. The van der Waals surface area contributed by atoms with Crippen LogP contribution in [0.25, 0.3) is 0 Å². The Bertz CT molecular complexity index is 140. The first kappa shape index (κ1) is 10.2. The zero-order chi connectivity index (χ0) is 8.85. The summed E-state index contributed by atoms with van der Waals surface area (Å²) in [6.45, 7) is 6.82. The maximum Gasteiger partial charge on any atom is 0.310 e. The lowest BCUT2D eigenvalue weighted by Gasteiger charge is -2.11. The van der Waals surface area contributed by atoms with Gasteiger partial charge in [0.1, 0.15) is 0 Å². The van der Waals surface area contributed by atoms with E-state index in [9.17, 15) is 4.79 Å². The summed E-state index contributed by atoms with van der Waals surface area (Å²) in [5.41, 5.74) is 0. The first-order chi connectivity index (χ1) is 5.07. The largest absolute Gasteiger partial charge is 0.435 e. The van der Waals surface area contributed by atoms with Crippen LogP contribution in [0.3, 0.4) is 0 Å². The summed E-state index contributed by atoms with van der Waals surface area (Å²) in [6.07, 6.45) is 0.735. The van der Waals surface area contributed by atoms with Gasteiger partial charge in [-0.3, -0.25) is 4.79 Å². The van der Waals surface area contributed by atoms with Gasteiger partial charge in [0, 0.05) is 6.42 Å². The molecule has 0 aromatic heterocycles. The normalized spacial score (nSPS) is 12.7. The Kier molecular flexibility index (Phi) is 4.54. The SMILES string of the molecule is C=CC[C@@H](O)OC(=O)C(C)C. The molecule has 0 aromatic rings. The second-order valence-corrected chi connectivity index (χ2v) is 2.57. The van der Waals surface area contributed by atoms with Crippen molar-refractivity contribution in [2.45, 2.75) is 26.6 Å². The second-order valence-electron chi connectivity index (χ2n) is 2.57. The highest BCUT2D eigenvalue weighted by Gasteiger charge is 2.12. The van der Waals surface area contributed by atoms with Crippen LogP contribution in [0.15, 0.2) is 12.7 Å². The molecule has 0 fully saturated rings. The molecule has 0 spiro atoms. The summed E-state index contributed by atoms with van der Waals surface area (Å²) < 4.78 is 4.60. The Hall–Kier alpha value is -0.830. The van der Waals surface area contributed by atoms with E-state index in [4.69, 9.17) is 5.11 Å². The van der Waals surface area contributed by atoms with Gasteiger partial charge in [0.15, 0.2) is 0 Å². The van der Waals surface area contributed by atoms with Crippen LogP contribution in [-0.4, -0.2) is 17.4 Å². The monoisotopic (exact) mass is 158 g/mol. The van der Waals surface area contributed by atoms with Crippen LogP contribution in [0.5, 0.6) is 0 Å². The van der Waals surface area contributed by atoms with E-state index in [1.54, 1.807) is 13.8 Å². The Morgan fingerprint density at radius 3 is 2.64 bits per heavy atom. The third-order valence-electron chi connectivity index (χ3n) is 1.09. The molecule has 3 nitrogen and oxygen atoms in total. The Labute approximate surface area is 66.7 Å². The van der Waals surface area contributed by atoms with Gasteiger partial charge in [-0.2, -0.15) is 0 Å². The number of carbonyl (C=O) groups excluding carboxylic acids is 1. The van der Waals surface area contributed by atoms with Gasteiger partial charge >= 0.3 is 5.97 Å². The Morgan fingerprint density at radius 2 is 2.27 bits per heavy atom. The molecule has 0 heterocycles. The van der Waals surface area contributed by atoms with E-state index in [0.29, 0.717) is 0 Å². The first-order valence-corrected chi connectivity index (χ1v) is 3.57. The number of rotatable bonds is 4. The van der Waals surface area contributed by atoms with Crippen LogP contribution >= 0.6 is 0 Å². The summed E-state index contributed by atoms with van der Waals surface area (Å²) >= 11 is 0. The van der Waals surface area contributed by atoms with E-state index in [1.165, 1.54) is 6.08 Å². The van der Waals surface area contributed by atoms with Gasteiger partial charge in [-0.1, -0.05) is 19.9 Å². The van der Waals surface area contributed by atoms with Crippen LogP contribution in [-0.2, 0) is 9.53 Å². The van der Waals surface area contributed by atoms with Crippen LogP contribution in [0.4, 0.5) is 0 Å². The number of hydrogen-bond donors (Lipinski definition) is 1. The van der Waals surface area contributed by atoms with Crippen LogP contribution in [0.2, 0.25) is 0 Å². The molecule has 1 N–H and O–H groups in total. The van der Waals surface area contributed by atoms with Crippen LogP contribution in [0, 0.1) is 5.92 Å². The summed E-state index contributed by atoms with van der Waals surface area (Å²) in [4.78, 5) is 10.8. The average molecular weight is 158 g/mol. The molecular formula is C8H14O3. The molecule has 0 aromatic carbocycles. The highest BCUT2D eigenvalue weighted by Crippen LogP contribution is 2.01. The predicted molar refractivity (Wildman–Crippen MR) is 41.8 cm³/mol. The number of carbonyl (C=O) groups is 1. The molecule has 0 aliphatic heterocycles. The summed E-state index contributed by atoms with van der Waals surface area (Å²) in [5.74, 6) is -0.589. The van der Waals surface area contributed by atoms with Crippen molar-refractivity contribution >= 4 is 5.97 Å². The molecule has 0 unspecified atom stereocenters. The van der Waals surface area contributed by atoms with Crippen molar-refractivity contribution in [2.75, 3.05) is 0 Å². The zero-order valence-electron chi connectivity index (χ0n) is 6.91. The molecule has 0 aliphatic rings. The topological polar surface area (TPSA) is 46.5 Å². The standard InChI is InChI=1S/C8H14O3/c1-4-5-7(9)11-8(10)6(2)3/h4,6-7,9H,1,5H2,2-3H3/t7-/m0/s1. The average Bonchev–Trinajstić information content (AvgIpc) is 1.87. The molecule has 0 aliphatic carbocycles. The molecule has 11 heavy (non-hydrogen) atoms. The van der Waals surface area contributed by atoms with Gasteiger partial charge in [-0.25, -0.2) is 0 Å². The lowest BCUT2D eigenvalue weighted by atomic mass is 10.2. The number of esters is 1. The highest BCUT2D eigenvalue weighted by molar-refractivity contribution is 5.71. The molecule has 0 saturated heterocycles. The molecule has 1 atom stereocenters. The maximum atomic E-state index is 10.8. The van der Waals surface area contributed by atoms with Crippen LogP contribution < -0.4 is 0 Å². The smallest absolute Gasteiger partial charge is 0.310 e. The fourth-order valence-electron chi connectivity index (χ4n) is 0.461. The molecule has 64 valence electrons. The third kappa shape index (κ3) is 4.56. The summed E-state index contributed by atoms with van der Waals surface area (Å²) in [7, 11) is 0. The minimum atomic E-state index is -1.04. The Morgan fingerprint density at radius 1 is 1.73 bits per heavy atom. The molecule has 0 bridgehead atoms. The van der Waals surface area contributed by atoms with Gasteiger partial charge in [-0.05, 0) is 0 Å². The lowest BCUT2D eigenvalue weighted by Crippen LogP contribution is -2.20. The summed E-state index contributed by atoms with van der Waals surface area (Å²) in [6, 6.07) is 0. The number of aliphatic hydroxyl groups is 1. The van der Waals surface area contributed by atoms with Crippen molar-refractivity contribution in [3.63, 3.8) is 0 Å². The summed E-state index contributed by atoms with van der Waals surface area (Å²) in [5, 5.41) is 8.95. The van der Waals surface area contributed by atoms with Gasteiger partial charge < -0.3 is 9.84 Å². The molecule has 3 heteroatoms. The van der Waals surface area contributed by atoms with Crippen molar-refractivity contribution in [1.82, 2.24) is 0 Å². The molecule has 0 rings (SSSR count). The Balaban J connectivity index is 3.65. The van der Waals surface area contributed by atoms with E-state index >= 15 is 0 Å². The zero-order valence-corrected chi connectivity index (χ0v) is 6.91. The van der Waals surface area contributed by atoms with Gasteiger partial charge in [0.25, 0.3) is 0 Å². The molecule has 0 saturated carbocycles. The van der Waals surface area contributed by atoms with Crippen LogP contribution in [0.1, 0.15) is 20.3 Å². The van der Waals surface area contributed by atoms with Crippen molar-refractivity contribution in [3.05, 3.63) is 12.7 Å². The second kappa shape index (κ2) is 4.91. The number of hydrogen-bond acceptors (Lipinski definition) is 3. The van der Waals surface area contributed by atoms with E-state index in [0.717, 1.165) is 0 Å². The quantitative estimate of drug-likeness (QED) is 0.378. The predicted octanol–water partition coefficient (Wildman–Crippen LogP) is 1.08. The van der Waals surface area contributed by atoms with Gasteiger partial charge in [0.2, 0.25) is 6.29 Å².